The van der Waals surface area contributed by atoms with E-state index in [4.69, 9.17) is 23.4 Å². The van der Waals surface area contributed by atoms with Crippen LogP contribution in [0.2, 0.25) is 0 Å². The maximum absolute atomic E-state index is 12.3. The van der Waals surface area contributed by atoms with Gasteiger partial charge < -0.3 is 28.7 Å². The van der Waals surface area contributed by atoms with Gasteiger partial charge in [0.25, 0.3) is 5.91 Å². The fourth-order valence-electron chi connectivity index (χ4n) is 2.93. The Morgan fingerprint density at radius 3 is 2.35 bits per heavy atom. The van der Waals surface area contributed by atoms with Crippen LogP contribution in [-0.2, 0) is 9.53 Å². The van der Waals surface area contributed by atoms with Gasteiger partial charge in [0, 0.05) is 10.9 Å². The van der Waals surface area contributed by atoms with Crippen LogP contribution in [0.3, 0.4) is 0 Å². The van der Waals surface area contributed by atoms with Gasteiger partial charge in [-0.1, -0.05) is 0 Å². The summed E-state index contributed by atoms with van der Waals surface area (Å²) < 4.78 is 26.8. The molecule has 0 atom stereocenters. The molecule has 0 saturated carbocycles. The number of methoxy groups -OCH3 is 1. The molecule has 0 aliphatic heterocycles. The number of ether oxygens (including phenoxy) is 4. The molecule has 8 nitrogen and oxygen atoms in total. The molecule has 3 rings (SSSR count). The number of aryl methyl sites for hydroxylation is 1. The van der Waals surface area contributed by atoms with Crippen molar-refractivity contribution in [2.45, 2.75) is 13.8 Å². The normalized spacial score (nSPS) is 10.5. The Morgan fingerprint density at radius 1 is 1.00 bits per heavy atom. The minimum Gasteiger partial charge on any atom is -0.497 e. The minimum absolute atomic E-state index is 0.0647. The number of furan rings is 1. The Hall–Kier alpha value is -3.68. The molecule has 0 saturated heterocycles. The highest BCUT2D eigenvalue weighted by atomic mass is 16.5. The molecule has 164 valence electrons. The average molecular weight is 427 g/mol. The molecule has 1 heterocycles. The molecule has 1 N–H and O–H groups in total. The molecular formula is C23H25NO7. The number of hydrogen-bond acceptors (Lipinski definition) is 7. The van der Waals surface area contributed by atoms with Crippen molar-refractivity contribution >= 4 is 22.8 Å². The first kappa shape index (κ1) is 22.0. The lowest BCUT2D eigenvalue weighted by atomic mass is 10.1. The van der Waals surface area contributed by atoms with Crippen LogP contribution in [-0.4, -0.2) is 45.4 Å². The highest BCUT2D eigenvalue weighted by Crippen LogP contribution is 2.29. The summed E-state index contributed by atoms with van der Waals surface area (Å²) in [5.74, 6) is 1.02. The number of amides is 1. The SMILES string of the molecule is CCOc1ccc(OCCNC(=O)COC(=O)c2oc3ccc(OC)cc3c2C)cc1. The molecule has 1 amide bonds. The zero-order valence-electron chi connectivity index (χ0n) is 17.7. The van der Waals surface area contributed by atoms with Crippen molar-refractivity contribution in [1.29, 1.82) is 0 Å². The van der Waals surface area contributed by atoms with Gasteiger partial charge in [-0.2, -0.15) is 0 Å². The van der Waals surface area contributed by atoms with Crippen molar-refractivity contribution in [3.05, 3.63) is 53.8 Å². The van der Waals surface area contributed by atoms with Crippen LogP contribution in [0.1, 0.15) is 23.0 Å². The maximum Gasteiger partial charge on any atom is 0.375 e. The number of carbonyl (C=O) groups excluding carboxylic acids is 2. The van der Waals surface area contributed by atoms with Crippen LogP contribution in [0.4, 0.5) is 0 Å². The van der Waals surface area contributed by atoms with Gasteiger partial charge in [0.2, 0.25) is 5.76 Å². The van der Waals surface area contributed by atoms with Crippen molar-refractivity contribution in [3.63, 3.8) is 0 Å². The summed E-state index contributed by atoms with van der Waals surface area (Å²) in [5.41, 5.74) is 1.17. The quantitative estimate of drug-likeness (QED) is 0.391. The summed E-state index contributed by atoms with van der Waals surface area (Å²) >= 11 is 0. The molecular weight excluding hydrogens is 402 g/mol. The Bertz CT molecular complexity index is 1040. The number of nitrogens with one attached hydrogen (secondary N) is 1. The van der Waals surface area contributed by atoms with E-state index >= 15 is 0 Å². The smallest absolute Gasteiger partial charge is 0.375 e. The molecule has 0 aliphatic rings. The van der Waals surface area contributed by atoms with E-state index < -0.39 is 18.5 Å². The van der Waals surface area contributed by atoms with Crippen molar-refractivity contribution in [2.75, 3.05) is 33.5 Å². The second kappa shape index (κ2) is 10.4. The van der Waals surface area contributed by atoms with Crippen LogP contribution in [0.25, 0.3) is 11.0 Å². The van der Waals surface area contributed by atoms with E-state index in [0.717, 1.165) is 11.1 Å². The summed E-state index contributed by atoms with van der Waals surface area (Å²) in [5, 5.41) is 3.39. The molecule has 0 bridgehead atoms. The number of esters is 1. The summed E-state index contributed by atoms with van der Waals surface area (Å²) in [6.07, 6.45) is 0. The highest BCUT2D eigenvalue weighted by molar-refractivity contribution is 5.97. The zero-order chi connectivity index (χ0) is 22.2. The van der Waals surface area contributed by atoms with Gasteiger partial charge in [0.05, 0.1) is 20.3 Å². The van der Waals surface area contributed by atoms with E-state index in [2.05, 4.69) is 5.32 Å². The number of fused-ring (bicyclic) bond motifs is 1. The third kappa shape index (κ3) is 5.69. The average Bonchev–Trinajstić information content (AvgIpc) is 3.12. The Morgan fingerprint density at radius 2 is 1.68 bits per heavy atom. The fourth-order valence-corrected chi connectivity index (χ4v) is 2.93. The van der Waals surface area contributed by atoms with Crippen LogP contribution < -0.4 is 19.5 Å². The lowest BCUT2D eigenvalue weighted by Gasteiger charge is -2.09. The second-order valence-electron chi connectivity index (χ2n) is 6.60. The molecule has 31 heavy (non-hydrogen) atoms. The number of hydrogen-bond donors (Lipinski definition) is 1. The van der Waals surface area contributed by atoms with Gasteiger partial charge in [-0.3, -0.25) is 4.79 Å². The number of rotatable bonds is 10. The van der Waals surface area contributed by atoms with Gasteiger partial charge >= 0.3 is 5.97 Å². The second-order valence-corrected chi connectivity index (χ2v) is 6.60. The molecule has 2 aromatic carbocycles. The molecule has 0 radical (unpaired) electrons. The van der Waals surface area contributed by atoms with Gasteiger partial charge in [0.15, 0.2) is 6.61 Å². The zero-order valence-corrected chi connectivity index (χ0v) is 17.7. The number of carbonyl (C=O) groups is 2. The summed E-state index contributed by atoms with van der Waals surface area (Å²) in [7, 11) is 1.56. The van der Waals surface area contributed by atoms with Crippen molar-refractivity contribution in [2.24, 2.45) is 0 Å². The standard InChI is InChI=1S/C23H25NO7/c1-4-28-16-5-7-17(8-6-16)29-12-11-24-21(25)14-30-23(26)22-15(2)19-13-18(27-3)9-10-20(19)31-22/h5-10,13H,4,11-12,14H2,1-3H3,(H,24,25). The first-order chi connectivity index (χ1) is 15.0. The first-order valence-electron chi connectivity index (χ1n) is 9.88. The molecule has 0 fully saturated rings. The topological polar surface area (TPSA) is 96.2 Å². The first-order valence-corrected chi connectivity index (χ1v) is 9.88. The largest absolute Gasteiger partial charge is 0.497 e. The lowest BCUT2D eigenvalue weighted by molar-refractivity contribution is -0.124. The van der Waals surface area contributed by atoms with Gasteiger partial charge in [0.1, 0.15) is 29.4 Å². The third-order valence-electron chi connectivity index (χ3n) is 4.49. The van der Waals surface area contributed by atoms with Crippen molar-refractivity contribution in [3.8, 4) is 17.2 Å². The summed E-state index contributed by atoms with van der Waals surface area (Å²) in [6.45, 7) is 4.40. The highest BCUT2D eigenvalue weighted by Gasteiger charge is 2.20. The molecule has 1 aromatic heterocycles. The fraction of sp³-hybridized carbons (Fsp3) is 0.304. The van der Waals surface area contributed by atoms with Crippen LogP contribution >= 0.6 is 0 Å². The van der Waals surface area contributed by atoms with E-state index in [9.17, 15) is 9.59 Å². The predicted molar refractivity (Wildman–Crippen MR) is 114 cm³/mol. The third-order valence-corrected chi connectivity index (χ3v) is 4.49. The maximum atomic E-state index is 12.3. The predicted octanol–water partition coefficient (Wildman–Crippen LogP) is 3.50. The monoisotopic (exact) mass is 427 g/mol. The molecule has 3 aromatic rings. The minimum atomic E-state index is -0.701. The molecule has 8 heteroatoms. The molecule has 0 aliphatic carbocycles. The Labute approximate surface area is 180 Å². The molecule has 0 unspecified atom stereocenters. The molecule has 0 spiro atoms. The Kier molecular flexibility index (Phi) is 7.37. The summed E-state index contributed by atoms with van der Waals surface area (Å²) in [4.78, 5) is 24.3. The van der Waals surface area contributed by atoms with Crippen LogP contribution in [0.5, 0.6) is 17.2 Å². The van der Waals surface area contributed by atoms with Crippen LogP contribution in [0, 0.1) is 6.92 Å². The van der Waals surface area contributed by atoms with Crippen molar-refractivity contribution in [1.82, 2.24) is 5.32 Å². The summed E-state index contributed by atoms with van der Waals surface area (Å²) in [6, 6.07) is 12.4. The van der Waals surface area contributed by atoms with Crippen molar-refractivity contribution < 1.29 is 33.0 Å². The Balaban J connectivity index is 1.42. The van der Waals surface area contributed by atoms with E-state index in [1.807, 2.05) is 19.1 Å². The number of benzene rings is 2. The van der Waals surface area contributed by atoms with E-state index in [-0.39, 0.29) is 18.9 Å². The van der Waals surface area contributed by atoms with Crippen LogP contribution in [0.15, 0.2) is 46.9 Å². The van der Waals surface area contributed by atoms with E-state index in [0.29, 0.717) is 29.3 Å². The van der Waals surface area contributed by atoms with E-state index in [1.54, 1.807) is 44.4 Å². The van der Waals surface area contributed by atoms with Gasteiger partial charge in [-0.25, -0.2) is 4.79 Å². The van der Waals surface area contributed by atoms with Gasteiger partial charge in [-0.05, 0) is 56.3 Å². The van der Waals surface area contributed by atoms with E-state index in [1.165, 1.54) is 0 Å². The van der Waals surface area contributed by atoms with Gasteiger partial charge in [-0.15, -0.1) is 0 Å². The lowest BCUT2D eigenvalue weighted by Crippen LogP contribution is -2.32.